The molecule has 1 aromatic carbocycles. The predicted octanol–water partition coefficient (Wildman–Crippen LogP) is 0.925. The second-order valence-electron chi connectivity index (χ2n) is 4.68. The third-order valence-corrected chi connectivity index (χ3v) is 4.00. The molecule has 5 nitrogen and oxygen atoms in total. The molecule has 1 atom stereocenters. The Morgan fingerprint density at radius 2 is 1.90 bits per heavy atom. The molecule has 1 aliphatic rings. The van der Waals surface area contributed by atoms with Crippen LogP contribution in [-0.4, -0.2) is 42.6 Å². The smallest absolute Gasteiger partial charge is 0.251 e. The summed E-state index contributed by atoms with van der Waals surface area (Å²) in [7, 11) is 0. The lowest BCUT2D eigenvalue weighted by Crippen LogP contribution is -2.44. The van der Waals surface area contributed by atoms with E-state index in [1.807, 2.05) is 19.1 Å². The van der Waals surface area contributed by atoms with E-state index in [0.29, 0.717) is 18.7 Å². The van der Waals surface area contributed by atoms with Gasteiger partial charge >= 0.3 is 0 Å². The molecule has 2 rings (SSSR count). The van der Waals surface area contributed by atoms with Gasteiger partial charge in [-0.15, -0.1) is 24.2 Å². The van der Waals surface area contributed by atoms with E-state index in [9.17, 15) is 9.59 Å². The first-order valence-electron chi connectivity index (χ1n) is 6.60. The van der Waals surface area contributed by atoms with Crippen molar-refractivity contribution in [2.45, 2.75) is 13.0 Å². The van der Waals surface area contributed by atoms with E-state index in [0.717, 1.165) is 17.2 Å². The van der Waals surface area contributed by atoms with Crippen molar-refractivity contribution in [3.63, 3.8) is 0 Å². The first-order chi connectivity index (χ1) is 9.66. The molecule has 21 heavy (non-hydrogen) atoms. The summed E-state index contributed by atoms with van der Waals surface area (Å²) in [6, 6.07) is 7.29. The molecule has 7 heteroatoms. The molecule has 1 heterocycles. The summed E-state index contributed by atoms with van der Waals surface area (Å²) in [6.07, 6.45) is 0. The first-order valence-corrected chi connectivity index (χ1v) is 7.76. The Morgan fingerprint density at radius 1 is 1.24 bits per heavy atom. The van der Waals surface area contributed by atoms with Crippen molar-refractivity contribution in [1.82, 2.24) is 16.0 Å². The number of thioether (sulfide) groups is 1. The molecular formula is C14H20ClN3O2S. The zero-order valence-electron chi connectivity index (χ0n) is 11.8. The Morgan fingerprint density at radius 3 is 2.52 bits per heavy atom. The second-order valence-corrected chi connectivity index (χ2v) is 5.72. The third kappa shape index (κ3) is 5.57. The number of hydrogen-bond donors (Lipinski definition) is 3. The summed E-state index contributed by atoms with van der Waals surface area (Å²) in [5.74, 6) is 1.51. The van der Waals surface area contributed by atoms with E-state index in [2.05, 4.69) is 16.0 Å². The molecule has 0 spiro atoms. The lowest BCUT2D eigenvalue weighted by atomic mass is 10.1. The number of carbonyl (C=O) groups excluding carboxylic acids is 2. The summed E-state index contributed by atoms with van der Waals surface area (Å²) >= 11 is 1.71. The van der Waals surface area contributed by atoms with Gasteiger partial charge in [-0.05, 0) is 19.1 Å². The van der Waals surface area contributed by atoms with Crippen molar-refractivity contribution >= 4 is 36.0 Å². The van der Waals surface area contributed by atoms with Crippen molar-refractivity contribution in [2.24, 2.45) is 0 Å². The summed E-state index contributed by atoms with van der Waals surface area (Å²) in [5.41, 5.74) is 1.76. The highest BCUT2D eigenvalue weighted by atomic mass is 35.5. The molecule has 1 saturated heterocycles. The van der Waals surface area contributed by atoms with Crippen LogP contribution >= 0.6 is 24.2 Å². The summed E-state index contributed by atoms with van der Waals surface area (Å²) in [5, 5.41) is 8.70. The van der Waals surface area contributed by atoms with Crippen molar-refractivity contribution in [3.8, 4) is 0 Å². The average molecular weight is 330 g/mol. The van der Waals surface area contributed by atoms with Crippen LogP contribution in [0.5, 0.6) is 0 Å². The van der Waals surface area contributed by atoms with Crippen molar-refractivity contribution in [3.05, 3.63) is 35.4 Å². The van der Waals surface area contributed by atoms with E-state index in [1.165, 1.54) is 0 Å². The number of aryl methyl sites for hydroxylation is 1. The fourth-order valence-corrected chi connectivity index (χ4v) is 2.80. The van der Waals surface area contributed by atoms with Gasteiger partial charge in [0.15, 0.2) is 0 Å². The molecule has 0 saturated carbocycles. The highest BCUT2D eigenvalue weighted by molar-refractivity contribution is 7.99. The van der Waals surface area contributed by atoms with E-state index in [4.69, 9.17) is 0 Å². The molecule has 1 fully saturated rings. The molecule has 3 N–H and O–H groups in total. The zero-order valence-corrected chi connectivity index (χ0v) is 13.5. The number of amides is 2. The molecule has 0 aliphatic carbocycles. The van der Waals surface area contributed by atoms with Crippen LogP contribution in [0.3, 0.4) is 0 Å². The molecule has 0 bridgehead atoms. The zero-order chi connectivity index (χ0) is 14.4. The Hall–Kier alpha value is -1.24. The number of benzene rings is 1. The van der Waals surface area contributed by atoms with Crippen LogP contribution < -0.4 is 16.0 Å². The molecule has 2 amide bonds. The SMILES string of the molecule is Cc1ccc(C(=O)NCCNC(=O)C2CSCN2)cc1.Cl. The van der Waals surface area contributed by atoms with Crippen LogP contribution in [-0.2, 0) is 4.79 Å². The minimum Gasteiger partial charge on any atom is -0.353 e. The fourth-order valence-electron chi connectivity index (χ4n) is 1.86. The third-order valence-electron chi connectivity index (χ3n) is 3.06. The van der Waals surface area contributed by atoms with Crippen LogP contribution in [0.2, 0.25) is 0 Å². The Labute approximate surface area is 135 Å². The van der Waals surface area contributed by atoms with Crippen LogP contribution in [0.25, 0.3) is 0 Å². The second kappa shape index (κ2) is 8.92. The highest BCUT2D eigenvalue weighted by Crippen LogP contribution is 2.08. The molecule has 1 aliphatic heterocycles. The Bertz CT molecular complexity index is 476. The number of halogens is 1. The maximum Gasteiger partial charge on any atom is 0.251 e. The van der Waals surface area contributed by atoms with Crippen LogP contribution in [0.1, 0.15) is 15.9 Å². The normalized spacial score (nSPS) is 16.9. The van der Waals surface area contributed by atoms with Gasteiger partial charge in [-0.25, -0.2) is 0 Å². The van der Waals surface area contributed by atoms with Crippen molar-refractivity contribution < 1.29 is 9.59 Å². The maximum absolute atomic E-state index is 11.8. The van der Waals surface area contributed by atoms with Gasteiger partial charge in [0.1, 0.15) is 0 Å². The van der Waals surface area contributed by atoms with E-state index >= 15 is 0 Å². The molecule has 1 aromatic rings. The van der Waals surface area contributed by atoms with E-state index < -0.39 is 0 Å². The number of nitrogens with one attached hydrogen (secondary N) is 3. The van der Waals surface area contributed by atoms with E-state index in [1.54, 1.807) is 23.9 Å². The topological polar surface area (TPSA) is 70.2 Å². The summed E-state index contributed by atoms with van der Waals surface area (Å²) in [4.78, 5) is 23.5. The lowest BCUT2D eigenvalue weighted by molar-refractivity contribution is -0.122. The quantitative estimate of drug-likeness (QED) is 0.703. The predicted molar refractivity (Wildman–Crippen MR) is 88.0 cm³/mol. The van der Waals surface area contributed by atoms with Gasteiger partial charge in [-0.3, -0.25) is 14.9 Å². The lowest BCUT2D eigenvalue weighted by Gasteiger charge is -2.11. The number of hydrogen-bond acceptors (Lipinski definition) is 4. The van der Waals surface area contributed by atoms with Gasteiger partial charge in [0, 0.05) is 30.3 Å². The van der Waals surface area contributed by atoms with Gasteiger partial charge in [-0.1, -0.05) is 17.7 Å². The van der Waals surface area contributed by atoms with Gasteiger partial charge in [-0.2, -0.15) is 0 Å². The maximum atomic E-state index is 11.8. The van der Waals surface area contributed by atoms with Crippen LogP contribution in [0.4, 0.5) is 0 Å². The first kappa shape index (κ1) is 17.8. The summed E-state index contributed by atoms with van der Waals surface area (Å²) in [6.45, 7) is 2.85. The fraction of sp³-hybridized carbons (Fsp3) is 0.429. The molecule has 0 aromatic heterocycles. The molecule has 0 radical (unpaired) electrons. The Kier molecular flexibility index (Phi) is 7.56. The minimum atomic E-state index is -0.117. The number of rotatable bonds is 5. The molecule has 116 valence electrons. The molecular weight excluding hydrogens is 310 g/mol. The van der Waals surface area contributed by atoms with Crippen molar-refractivity contribution in [1.29, 1.82) is 0 Å². The summed E-state index contributed by atoms with van der Waals surface area (Å²) < 4.78 is 0. The minimum absolute atomic E-state index is 0. The highest BCUT2D eigenvalue weighted by Gasteiger charge is 2.21. The van der Waals surface area contributed by atoms with Gasteiger partial charge in [0.05, 0.1) is 6.04 Å². The Balaban J connectivity index is 0.00000220. The average Bonchev–Trinajstić information content (AvgIpc) is 2.98. The monoisotopic (exact) mass is 329 g/mol. The number of carbonyl (C=O) groups is 2. The van der Waals surface area contributed by atoms with Gasteiger partial charge in [0.25, 0.3) is 5.91 Å². The van der Waals surface area contributed by atoms with Crippen LogP contribution in [0, 0.1) is 6.92 Å². The largest absolute Gasteiger partial charge is 0.353 e. The molecule has 1 unspecified atom stereocenters. The van der Waals surface area contributed by atoms with Gasteiger partial charge in [0.2, 0.25) is 5.91 Å². The van der Waals surface area contributed by atoms with Crippen molar-refractivity contribution in [2.75, 3.05) is 24.7 Å². The van der Waals surface area contributed by atoms with Crippen LogP contribution in [0.15, 0.2) is 24.3 Å². The standard InChI is InChI=1S/C14H19N3O2S.ClH/c1-10-2-4-11(5-3-10)13(18)15-6-7-16-14(19)12-8-20-9-17-12;/h2-5,12,17H,6-9H2,1H3,(H,15,18)(H,16,19);1H. The van der Waals surface area contributed by atoms with Gasteiger partial charge < -0.3 is 10.6 Å². The van der Waals surface area contributed by atoms with E-state index in [-0.39, 0.29) is 30.3 Å².